The van der Waals surface area contributed by atoms with Crippen LogP contribution in [0.2, 0.25) is 0 Å². The summed E-state index contributed by atoms with van der Waals surface area (Å²) in [6, 6.07) is 24.4. The van der Waals surface area contributed by atoms with E-state index in [0.717, 1.165) is 41.4 Å². The summed E-state index contributed by atoms with van der Waals surface area (Å²) in [5, 5.41) is 3.10. The predicted molar refractivity (Wildman–Crippen MR) is 149 cm³/mol. The summed E-state index contributed by atoms with van der Waals surface area (Å²) in [5.41, 5.74) is 6.12. The molecular weight excluding hydrogens is 460 g/mol. The van der Waals surface area contributed by atoms with Crippen LogP contribution < -0.4 is 15.8 Å². The maximum absolute atomic E-state index is 13.8. The van der Waals surface area contributed by atoms with E-state index >= 15 is 0 Å². The van der Waals surface area contributed by atoms with Gasteiger partial charge >= 0.3 is 0 Å². The van der Waals surface area contributed by atoms with Crippen LogP contribution in [0.3, 0.4) is 0 Å². The molecule has 1 atom stereocenters. The Labute approximate surface area is 218 Å². The van der Waals surface area contributed by atoms with Crippen LogP contribution >= 0.6 is 0 Å². The van der Waals surface area contributed by atoms with Gasteiger partial charge in [-0.3, -0.25) is 14.2 Å². The number of carbonyl (C=O) groups is 1. The SMILES string of the molecule is CCc1ccc(CNC(=O)[C@H]2CCCN(c3nc4ccccc4n(Cc4ccc(C)cc4)c3=O)C2)cc1. The Kier molecular flexibility index (Phi) is 7.35. The Hall–Kier alpha value is -3.93. The van der Waals surface area contributed by atoms with Crippen LogP contribution in [0.15, 0.2) is 77.6 Å². The number of carbonyl (C=O) groups excluding carboxylic acids is 1. The number of aromatic nitrogens is 2. The van der Waals surface area contributed by atoms with Crippen LogP contribution in [0.25, 0.3) is 11.0 Å². The maximum Gasteiger partial charge on any atom is 0.294 e. The Bertz CT molecular complexity index is 1440. The number of amides is 1. The second-order valence-corrected chi connectivity index (χ2v) is 9.97. The van der Waals surface area contributed by atoms with E-state index in [-0.39, 0.29) is 17.4 Å². The third-order valence-corrected chi connectivity index (χ3v) is 7.29. The van der Waals surface area contributed by atoms with Gasteiger partial charge in [0.1, 0.15) is 0 Å². The number of rotatable bonds is 7. The highest BCUT2D eigenvalue weighted by atomic mass is 16.2. The van der Waals surface area contributed by atoms with Gasteiger partial charge in [-0.1, -0.05) is 73.2 Å². The Balaban J connectivity index is 1.36. The van der Waals surface area contributed by atoms with Crippen molar-refractivity contribution in [2.24, 2.45) is 5.92 Å². The molecule has 1 saturated heterocycles. The zero-order valence-electron chi connectivity index (χ0n) is 21.6. The Morgan fingerprint density at radius 1 is 0.973 bits per heavy atom. The molecule has 37 heavy (non-hydrogen) atoms. The first-order valence-corrected chi connectivity index (χ1v) is 13.2. The molecule has 1 fully saturated rings. The zero-order valence-corrected chi connectivity index (χ0v) is 21.6. The standard InChI is InChI=1S/C31H34N4O2/c1-3-23-14-16-24(17-15-23)19-32-30(36)26-7-6-18-34(21-26)29-31(37)35(20-25-12-10-22(2)11-13-25)28-9-5-4-8-27(28)33-29/h4-5,8-17,26H,3,6-7,18-21H2,1-2H3,(H,32,36)/t26-/m0/s1. The highest BCUT2D eigenvalue weighted by Gasteiger charge is 2.28. The maximum atomic E-state index is 13.8. The summed E-state index contributed by atoms with van der Waals surface area (Å²) in [5.74, 6) is 0.283. The first-order chi connectivity index (χ1) is 18.0. The van der Waals surface area contributed by atoms with Gasteiger partial charge < -0.3 is 10.2 Å². The van der Waals surface area contributed by atoms with Gasteiger partial charge in [0, 0.05) is 19.6 Å². The van der Waals surface area contributed by atoms with Crippen molar-refractivity contribution in [2.45, 2.75) is 46.2 Å². The van der Waals surface area contributed by atoms with E-state index in [1.165, 1.54) is 11.1 Å². The molecule has 1 aliphatic heterocycles. The zero-order chi connectivity index (χ0) is 25.8. The third-order valence-electron chi connectivity index (χ3n) is 7.29. The molecule has 4 aromatic rings. The lowest BCUT2D eigenvalue weighted by atomic mass is 9.97. The van der Waals surface area contributed by atoms with Gasteiger partial charge in [-0.2, -0.15) is 0 Å². The number of para-hydroxylation sites is 2. The van der Waals surface area contributed by atoms with Crippen molar-refractivity contribution in [3.05, 3.63) is 105 Å². The molecule has 5 rings (SSSR count). The van der Waals surface area contributed by atoms with Crippen molar-refractivity contribution >= 4 is 22.8 Å². The number of anilines is 1. The van der Waals surface area contributed by atoms with Crippen LogP contribution in [-0.2, 0) is 24.3 Å². The van der Waals surface area contributed by atoms with Gasteiger partial charge in [0.2, 0.25) is 5.91 Å². The molecule has 3 aromatic carbocycles. The van der Waals surface area contributed by atoms with Crippen LogP contribution in [0, 0.1) is 12.8 Å². The minimum atomic E-state index is -0.179. The summed E-state index contributed by atoms with van der Waals surface area (Å²) >= 11 is 0. The fourth-order valence-electron chi connectivity index (χ4n) is 5.03. The molecule has 190 valence electrons. The van der Waals surface area contributed by atoms with Crippen LogP contribution in [0.4, 0.5) is 5.82 Å². The quantitative estimate of drug-likeness (QED) is 0.399. The average Bonchev–Trinajstić information content (AvgIpc) is 2.94. The fourth-order valence-corrected chi connectivity index (χ4v) is 5.03. The van der Waals surface area contributed by atoms with Crippen molar-refractivity contribution < 1.29 is 4.79 Å². The number of fused-ring (bicyclic) bond motifs is 1. The molecule has 0 unspecified atom stereocenters. The number of nitrogens with zero attached hydrogens (tertiary/aromatic N) is 3. The topological polar surface area (TPSA) is 67.2 Å². The molecule has 1 aliphatic rings. The third kappa shape index (κ3) is 5.58. The van der Waals surface area contributed by atoms with E-state index in [2.05, 4.69) is 67.7 Å². The molecule has 6 heteroatoms. The van der Waals surface area contributed by atoms with E-state index in [0.29, 0.717) is 32.0 Å². The van der Waals surface area contributed by atoms with Crippen LogP contribution in [0.5, 0.6) is 0 Å². The van der Waals surface area contributed by atoms with Crippen molar-refractivity contribution in [1.82, 2.24) is 14.9 Å². The molecule has 1 aromatic heterocycles. The lowest BCUT2D eigenvalue weighted by molar-refractivity contribution is -0.125. The molecule has 0 radical (unpaired) electrons. The molecule has 0 bridgehead atoms. The first-order valence-electron chi connectivity index (χ1n) is 13.2. The van der Waals surface area contributed by atoms with E-state index in [1.54, 1.807) is 0 Å². The van der Waals surface area contributed by atoms with Gasteiger partial charge in [0.05, 0.1) is 23.5 Å². The van der Waals surface area contributed by atoms with E-state index in [4.69, 9.17) is 4.98 Å². The molecule has 0 spiro atoms. The summed E-state index contributed by atoms with van der Waals surface area (Å²) in [7, 11) is 0. The summed E-state index contributed by atoms with van der Waals surface area (Å²) < 4.78 is 1.81. The van der Waals surface area contributed by atoms with Gasteiger partial charge in [0.25, 0.3) is 5.56 Å². The molecule has 2 heterocycles. The lowest BCUT2D eigenvalue weighted by Gasteiger charge is -2.33. The first kappa shape index (κ1) is 24.8. The van der Waals surface area contributed by atoms with Crippen LogP contribution in [0.1, 0.15) is 42.0 Å². The molecule has 1 amide bonds. The second kappa shape index (κ2) is 11.0. The van der Waals surface area contributed by atoms with Gasteiger partial charge in [-0.25, -0.2) is 4.98 Å². The fraction of sp³-hybridized carbons (Fsp3) is 0.323. The smallest absolute Gasteiger partial charge is 0.294 e. The normalized spacial score (nSPS) is 15.6. The number of aryl methyl sites for hydroxylation is 2. The largest absolute Gasteiger partial charge is 0.352 e. The summed E-state index contributed by atoms with van der Waals surface area (Å²) in [4.78, 5) is 33.6. The number of piperidine rings is 1. The minimum absolute atomic E-state index is 0.0324. The average molecular weight is 495 g/mol. The monoisotopic (exact) mass is 494 g/mol. The number of hydrogen-bond acceptors (Lipinski definition) is 4. The molecular formula is C31H34N4O2. The highest BCUT2D eigenvalue weighted by Crippen LogP contribution is 2.22. The molecule has 6 nitrogen and oxygen atoms in total. The minimum Gasteiger partial charge on any atom is -0.352 e. The number of hydrogen-bond donors (Lipinski definition) is 1. The van der Waals surface area contributed by atoms with Gasteiger partial charge in [-0.15, -0.1) is 0 Å². The van der Waals surface area contributed by atoms with Gasteiger partial charge in [-0.05, 0) is 55.0 Å². The Morgan fingerprint density at radius 3 is 2.43 bits per heavy atom. The van der Waals surface area contributed by atoms with Crippen molar-refractivity contribution in [2.75, 3.05) is 18.0 Å². The van der Waals surface area contributed by atoms with Crippen LogP contribution in [-0.4, -0.2) is 28.5 Å². The molecule has 0 saturated carbocycles. The van der Waals surface area contributed by atoms with Crippen molar-refractivity contribution in [1.29, 1.82) is 0 Å². The predicted octanol–water partition coefficient (Wildman–Crippen LogP) is 4.85. The second-order valence-electron chi connectivity index (χ2n) is 9.97. The molecule has 1 N–H and O–H groups in total. The Morgan fingerprint density at radius 2 is 1.68 bits per heavy atom. The lowest BCUT2D eigenvalue weighted by Crippen LogP contribution is -2.45. The summed E-state index contributed by atoms with van der Waals surface area (Å²) in [6.45, 7) is 6.38. The number of benzene rings is 3. The van der Waals surface area contributed by atoms with E-state index < -0.39 is 0 Å². The van der Waals surface area contributed by atoms with Crippen molar-refractivity contribution in [3.63, 3.8) is 0 Å². The van der Waals surface area contributed by atoms with Crippen molar-refractivity contribution in [3.8, 4) is 0 Å². The highest BCUT2D eigenvalue weighted by molar-refractivity contribution is 5.80. The van der Waals surface area contributed by atoms with E-state index in [9.17, 15) is 9.59 Å². The van der Waals surface area contributed by atoms with Gasteiger partial charge in [0.15, 0.2) is 5.82 Å². The van der Waals surface area contributed by atoms with E-state index in [1.807, 2.05) is 33.7 Å². The molecule has 0 aliphatic carbocycles. The summed E-state index contributed by atoms with van der Waals surface area (Å²) in [6.07, 6.45) is 2.65. The number of nitrogens with one attached hydrogen (secondary N) is 1.